The van der Waals surface area contributed by atoms with Crippen molar-refractivity contribution in [2.75, 3.05) is 0 Å². The first kappa shape index (κ1) is 17.1. The van der Waals surface area contributed by atoms with Crippen LogP contribution in [0.25, 0.3) is 22.0 Å². The zero-order valence-corrected chi connectivity index (χ0v) is 13.7. The molecule has 3 aromatic rings. The summed E-state index contributed by atoms with van der Waals surface area (Å²) in [6.45, 7) is 7.97. The molecule has 128 valence electrons. The van der Waals surface area contributed by atoms with Crippen LogP contribution in [0.1, 0.15) is 29.5 Å². The van der Waals surface area contributed by atoms with E-state index >= 15 is 0 Å². The Labute approximate surface area is 144 Å². The van der Waals surface area contributed by atoms with E-state index in [9.17, 15) is 13.2 Å². The Kier molecular flexibility index (Phi) is 4.53. The van der Waals surface area contributed by atoms with Gasteiger partial charge < -0.3 is 4.98 Å². The first-order valence-electron chi connectivity index (χ1n) is 7.96. The van der Waals surface area contributed by atoms with Gasteiger partial charge in [-0.25, -0.2) is 0 Å². The molecule has 0 bridgehead atoms. The number of rotatable bonds is 5. The Hall–Kier alpha value is -2.75. The van der Waals surface area contributed by atoms with Crippen molar-refractivity contribution >= 4 is 22.0 Å². The van der Waals surface area contributed by atoms with Crippen LogP contribution in [-0.2, 0) is 6.18 Å². The van der Waals surface area contributed by atoms with Crippen molar-refractivity contribution in [1.29, 1.82) is 0 Å². The van der Waals surface area contributed by atoms with Crippen molar-refractivity contribution in [2.24, 2.45) is 0 Å². The number of benzene rings is 2. The van der Waals surface area contributed by atoms with Gasteiger partial charge in [-0.15, -0.1) is 0 Å². The molecule has 0 saturated heterocycles. The molecule has 1 N–H and O–H groups in total. The van der Waals surface area contributed by atoms with Gasteiger partial charge in [0.25, 0.3) is 0 Å². The third-order valence-corrected chi connectivity index (χ3v) is 4.31. The number of nitrogens with one attached hydrogen (secondary N) is 1. The van der Waals surface area contributed by atoms with E-state index in [1.165, 1.54) is 12.1 Å². The molecule has 1 aromatic heterocycles. The summed E-state index contributed by atoms with van der Waals surface area (Å²) in [6.07, 6.45) is -1.52. The molecule has 0 unspecified atom stereocenters. The number of alkyl halides is 3. The van der Waals surface area contributed by atoms with Gasteiger partial charge in [0.1, 0.15) is 0 Å². The minimum Gasteiger partial charge on any atom is -0.361 e. The minimum atomic E-state index is -4.38. The van der Waals surface area contributed by atoms with E-state index in [1.54, 1.807) is 6.07 Å². The molecule has 0 radical (unpaired) electrons. The molecule has 0 amide bonds. The van der Waals surface area contributed by atoms with Crippen molar-refractivity contribution < 1.29 is 13.2 Å². The van der Waals surface area contributed by atoms with E-state index in [2.05, 4.69) is 18.1 Å². The maximum atomic E-state index is 13.1. The van der Waals surface area contributed by atoms with Gasteiger partial charge in [-0.1, -0.05) is 49.6 Å². The van der Waals surface area contributed by atoms with Gasteiger partial charge in [-0.05, 0) is 41.7 Å². The predicted molar refractivity (Wildman–Crippen MR) is 97.0 cm³/mol. The lowest BCUT2D eigenvalue weighted by atomic mass is 9.94. The molecule has 0 aliphatic heterocycles. The van der Waals surface area contributed by atoms with Crippen LogP contribution < -0.4 is 0 Å². The van der Waals surface area contributed by atoms with E-state index in [0.29, 0.717) is 18.4 Å². The summed E-state index contributed by atoms with van der Waals surface area (Å²) in [5.41, 5.74) is 2.86. The highest BCUT2D eigenvalue weighted by atomic mass is 19.4. The summed E-state index contributed by atoms with van der Waals surface area (Å²) in [6, 6.07) is 13.4. The topological polar surface area (TPSA) is 15.8 Å². The molecule has 0 aliphatic rings. The molecule has 0 aliphatic carbocycles. The normalized spacial score (nSPS) is 11.6. The Bertz CT molecular complexity index is 931. The highest BCUT2D eigenvalue weighted by molar-refractivity contribution is 5.92. The number of halogens is 3. The molecule has 3 rings (SSSR count). The summed E-state index contributed by atoms with van der Waals surface area (Å²) in [4.78, 5) is 3.19. The number of hydrogen-bond donors (Lipinski definition) is 1. The van der Waals surface area contributed by atoms with Gasteiger partial charge in [-0.2, -0.15) is 13.2 Å². The van der Waals surface area contributed by atoms with Crippen LogP contribution in [0.2, 0.25) is 0 Å². The van der Waals surface area contributed by atoms with Crippen molar-refractivity contribution in [1.82, 2.24) is 4.98 Å². The zero-order valence-electron chi connectivity index (χ0n) is 13.7. The number of hydrogen-bond acceptors (Lipinski definition) is 0. The van der Waals surface area contributed by atoms with Gasteiger partial charge in [0, 0.05) is 22.7 Å². The second-order valence-electron chi connectivity index (χ2n) is 6.00. The van der Waals surface area contributed by atoms with Gasteiger partial charge in [0.05, 0.1) is 5.56 Å². The van der Waals surface area contributed by atoms with Crippen molar-refractivity contribution in [3.63, 3.8) is 0 Å². The number of allylic oxidation sites excluding steroid dienone is 2. The van der Waals surface area contributed by atoms with Crippen LogP contribution in [0.15, 0.2) is 67.9 Å². The lowest BCUT2D eigenvalue weighted by Gasteiger charge is -2.15. The molecular formula is C21H18F3N. The Morgan fingerprint density at radius 1 is 0.840 bits per heavy atom. The fraction of sp³-hybridized carbons (Fsp3) is 0.143. The van der Waals surface area contributed by atoms with Crippen LogP contribution in [-0.4, -0.2) is 4.98 Å². The van der Waals surface area contributed by atoms with Crippen LogP contribution in [0.3, 0.4) is 0 Å². The molecule has 2 aromatic carbocycles. The van der Waals surface area contributed by atoms with Gasteiger partial charge in [-0.3, -0.25) is 0 Å². The third kappa shape index (κ3) is 3.53. The summed E-state index contributed by atoms with van der Waals surface area (Å²) < 4.78 is 39.4. The second kappa shape index (κ2) is 6.63. The zero-order chi connectivity index (χ0) is 18.0. The van der Waals surface area contributed by atoms with E-state index in [-0.39, 0.29) is 5.56 Å². The van der Waals surface area contributed by atoms with Gasteiger partial charge in [0.2, 0.25) is 0 Å². The molecule has 4 heteroatoms. The van der Waals surface area contributed by atoms with Crippen molar-refractivity contribution in [3.05, 3.63) is 84.6 Å². The fourth-order valence-corrected chi connectivity index (χ4v) is 2.97. The SMILES string of the molecule is C=C(CCC(=C)c1c[nH]c2ccccc12)c1ccccc1C(F)(F)F. The average Bonchev–Trinajstić information content (AvgIpc) is 3.03. The average molecular weight is 341 g/mol. The highest BCUT2D eigenvalue weighted by Crippen LogP contribution is 2.36. The molecular weight excluding hydrogens is 323 g/mol. The highest BCUT2D eigenvalue weighted by Gasteiger charge is 2.33. The number of para-hydroxylation sites is 1. The van der Waals surface area contributed by atoms with E-state index < -0.39 is 11.7 Å². The van der Waals surface area contributed by atoms with Crippen LogP contribution >= 0.6 is 0 Å². The van der Waals surface area contributed by atoms with Crippen molar-refractivity contribution in [3.8, 4) is 0 Å². The number of fused-ring (bicyclic) bond motifs is 1. The van der Waals surface area contributed by atoms with Crippen LogP contribution in [0, 0.1) is 0 Å². The molecule has 0 atom stereocenters. The second-order valence-corrected chi connectivity index (χ2v) is 6.00. The molecule has 1 heterocycles. The standard InChI is InChI=1S/C21H18F3N/c1-14(16-7-3-5-9-19(16)21(22,23)24)11-12-15(2)18-13-25-20-10-6-4-8-17(18)20/h3-10,13,25H,1-2,11-12H2. The van der Waals surface area contributed by atoms with E-state index in [0.717, 1.165) is 28.1 Å². The summed E-state index contributed by atoms with van der Waals surface area (Å²) in [5.74, 6) is 0. The summed E-state index contributed by atoms with van der Waals surface area (Å²) in [5, 5.41) is 1.06. The smallest absolute Gasteiger partial charge is 0.361 e. The van der Waals surface area contributed by atoms with Crippen molar-refractivity contribution in [2.45, 2.75) is 19.0 Å². The molecule has 0 spiro atoms. The first-order chi connectivity index (χ1) is 11.9. The Morgan fingerprint density at radius 3 is 2.16 bits per heavy atom. The predicted octanol–water partition coefficient (Wildman–Crippen LogP) is 6.69. The van der Waals surface area contributed by atoms with Gasteiger partial charge in [0.15, 0.2) is 0 Å². The maximum absolute atomic E-state index is 13.1. The number of aromatic amines is 1. The van der Waals surface area contributed by atoms with E-state index in [4.69, 9.17) is 0 Å². The summed E-state index contributed by atoms with van der Waals surface area (Å²) >= 11 is 0. The summed E-state index contributed by atoms with van der Waals surface area (Å²) in [7, 11) is 0. The molecule has 0 fully saturated rings. The number of H-pyrrole nitrogens is 1. The molecule has 25 heavy (non-hydrogen) atoms. The third-order valence-electron chi connectivity index (χ3n) is 4.31. The van der Waals surface area contributed by atoms with Gasteiger partial charge >= 0.3 is 6.18 Å². The Morgan fingerprint density at radius 2 is 1.44 bits per heavy atom. The lowest BCUT2D eigenvalue weighted by molar-refractivity contribution is -0.137. The van der Waals surface area contributed by atoms with E-state index in [1.807, 2.05) is 30.5 Å². The van der Waals surface area contributed by atoms with Crippen LogP contribution in [0.4, 0.5) is 13.2 Å². The molecule has 1 nitrogen and oxygen atoms in total. The molecule has 0 saturated carbocycles. The largest absolute Gasteiger partial charge is 0.416 e. The quantitative estimate of drug-likeness (QED) is 0.532. The van der Waals surface area contributed by atoms with Crippen LogP contribution in [0.5, 0.6) is 0 Å². The first-order valence-corrected chi connectivity index (χ1v) is 7.96. The number of aromatic nitrogens is 1. The maximum Gasteiger partial charge on any atom is 0.416 e. The monoisotopic (exact) mass is 341 g/mol. The lowest BCUT2D eigenvalue weighted by Crippen LogP contribution is -2.08. The fourth-order valence-electron chi connectivity index (χ4n) is 2.97. The Balaban J connectivity index is 1.76. The minimum absolute atomic E-state index is 0.154.